The molecule has 0 saturated carbocycles. The van der Waals surface area contributed by atoms with Gasteiger partial charge in [-0.05, 0) is 72.3 Å². The first kappa shape index (κ1) is 15.7. The second-order valence-electron chi connectivity index (χ2n) is 6.90. The monoisotopic (exact) mass is 328 g/mol. The smallest absolute Gasteiger partial charge is 0.133 e. The molecule has 0 N–H and O–H groups in total. The van der Waals surface area contributed by atoms with Crippen molar-refractivity contribution in [2.75, 3.05) is 0 Å². The number of benzene rings is 3. The minimum absolute atomic E-state index is 0.912. The molecule has 4 rings (SSSR count). The quantitative estimate of drug-likeness (QED) is 0.380. The van der Waals surface area contributed by atoms with Gasteiger partial charge in [0.05, 0.1) is 5.56 Å². The zero-order valence-corrected chi connectivity index (χ0v) is 15.4. The molecule has 0 amide bonds. The summed E-state index contributed by atoms with van der Waals surface area (Å²) in [6.07, 6.45) is 0. The van der Waals surface area contributed by atoms with E-state index in [9.17, 15) is 0 Å². The molecule has 0 atom stereocenters. The van der Waals surface area contributed by atoms with Crippen molar-refractivity contribution in [1.82, 2.24) is 10.1 Å². The molecule has 0 saturated heterocycles. The number of nitrogens with zero attached hydrogens (tertiary/aromatic N) is 3. The fourth-order valence-electron chi connectivity index (χ4n) is 3.61. The second-order valence-corrected chi connectivity index (χ2v) is 6.90. The van der Waals surface area contributed by atoms with Crippen molar-refractivity contribution in [1.29, 1.82) is 0 Å². The summed E-state index contributed by atoms with van der Waals surface area (Å²) in [6, 6.07) is 15.0. The van der Waals surface area contributed by atoms with Crippen LogP contribution in [0, 0.1) is 27.7 Å². The predicted molar refractivity (Wildman–Crippen MR) is 103 cm³/mol. The lowest BCUT2D eigenvalue weighted by molar-refractivity contribution is -0.720. The van der Waals surface area contributed by atoms with E-state index in [4.69, 9.17) is 10.1 Å². The molecule has 0 fully saturated rings. The lowest BCUT2D eigenvalue weighted by Crippen LogP contribution is -2.37. The van der Waals surface area contributed by atoms with Crippen molar-refractivity contribution in [2.45, 2.75) is 27.7 Å². The summed E-state index contributed by atoms with van der Waals surface area (Å²) in [5.41, 5.74) is 8.04. The molecule has 3 heteroatoms. The molecule has 3 aromatic carbocycles. The molecule has 3 nitrogen and oxygen atoms in total. The van der Waals surface area contributed by atoms with E-state index in [-0.39, 0.29) is 0 Å². The Balaban J connectivity index is 2.08. The third kappa shape index (κ3) is 2.47. The van der Waals surface area contributed by atoms with Gasteiger partial charge < -0.3 is 0 Å². The Labute approximate surface area is 148 Å². The summed E-state index contributed by atoms with van der Waals surface area (Å²) in [5, 5.41) is 7.26. The molecule has 0 aliphatic heterocycles. The van der Waals surface area contributed by atoms with Gasteiger partial charge in [-0.15, -0.1) is 4.68 Å². The average molecular weight is 328 g/mol. The van der Waals surface area contributed by atoms with Crippen molar-refractivity contribution in [3.8, 4) is 11.4 Å². The minimum atomic E-state index is 0.912. The van der Waals surface area contributed by atoms with Crippen molar-refractivity contribution < 1.29 is 4.68 Å². The SMILES string of the molecule is Cc1cc(C)c(C)c(-c2nc3c(C)c4ccccc4cc3n[n+]2C)c1. The molecule has 1 aromatic heterocycles. The van der Waals surface area contributed by atoms with E-state index in [0.717, 1.165) is 22.4 Å². The van der Waals surface area contributed by atoms with Crippen LogP contribution in [0.25, 0.3) is 33.2 Å². The third-order valence-corrected chi connectivity index (χ3v) is 5.09. The van der Waals surface area contributed by atoms with Crippen LogP contribution in [0.5, 0.6) is 0 Å². The Bertz CT molecular complexity index is 1140. The molecule has 0 aliphatic carbocycles. The Morgan fingerprint density at radius 2 is 1.64 bits per heavy atom. The van der Waals surface area contributed by atoms with Crippen LogP contribution in [0.1, 0.15) is 22.3 Å². The van der Waals surface area contributed by atoms with Gasteiger partial charge in [-0.25, -0.2) is 0 Å². The molecular formula is C22H22N3+. The first-order valence-corrected chi connectivity index (χ1v) is 8.60. The van der Waals surface area contributed by atoms with Gasteiger partial charge in [0.25, 0.3) is 0 Å². The lowest BCUT2D eigenvalue weighted by atomic mass is 9.99. The third-order valence-electron chi connectivity index (χ3n) is 5.09. The van der Waals surface area contributed by atoms with Crippen LogP contribution in [0.4, 0.5) is 0 Å². The summed E-state index contributed by atoms with van der Waals surface area (Å²) in [5.74, 6) is 0.912. The van der Waals surface area contributed by atoms with Crippen molar-refractivity contribution in [3.05, 3.63) is 64.7 Å². The van der Waals surface area contributed by atoms with Gasteiger partial charge >= 0.3 is 5.82 Å². The van der Waals surface area contributed by atoms with Crippen LogP contribution in [0.2, 0.25) is 0 Å². The van der Waals surface area contributed by atoms with E-state index >= 15 is 0 Å². The molecule has 0 radical (unpaired) electrons. The maximum absolute atomic E-state index is 5.04. The van der Waals surface area contributed by atoms with Gasteiger partial charge in [0, 0.05) is 5.56 Å². The maximum atomic E-state index is 5.04. The van der Waals surface area contributed by atoms with Crippen LogP contribution in [-0.4, -0.2) is 10.1 Å². The average Bonchev–Trinajstić information content (AvgIpc) is 2.58. The van der Waals surface area contributed by atoms with Gasteiger partial charge in [0.15, 0.2) is 5.52 Å². The van der Waals surface area contributed by atoms with E-state index in [1.807, 2.05) is 11.7 Å². The largest absolute Gasteiger partial charge is 0.351 e. The topological polar surface area (TPSA) is 29.7 Å². The van der Waals surface area contributed by atoms with Gasteiger partial charge in [-0.1, -0.05) is 35.4 Å². The van der Waals surface area contributed by atoms with Gasteiger partial charge in [-0.2, -0.15) is 0 Å². The highest BCUT2D eigenvalue weighted by molar-refractivity contribution is 5.98. The molecule has 0 unspecified atom stereocenters. The van der Waals surface area contributed by atoms with Crippen LogP contribution in [-0.2, 0) is 7.05 Å². The van der Waals surface area contributed by atoms with E-state index in [1.54, 1.807) is 0 Å². The first-order chi connectivity index (χ1) is 12.0. The Morgan fingerprint density at radius 1 is 0.880 bits per heavy atom. The van der Waals surface area contributed by atoms with Crippen molar-refractivity contribution >= 4 is 21.8 Å². The van der Waals surface area contributed by atoms with Crippen LogP contribution in [0.3, 0.4) is 0 Å². The Morgan fingerprint density at radius 3 is 2.44 bits per heavy atom. The molecule has 0 bridgehead atoms. The number of hydrogen-bond donors (Lipinski definition) is 0. The number of aryl methyl sites for hydroxylation is 4. The van der Waals surface area contributed by atoms with E-state index < -0.39 is 0 Å². The van der Waals surface area contributed by atoms with Gasteiger partial charge in [0.2, 0.25) is 5.52 Å². The summed E-state index contributed by atoms with van der Waals surface area (Å²) in [7, 11) is 1.98. The molecule has 0 spiro atoms. The molecule has 25 heavy (non-hydrogen) atoms. The highest BCUT2D eigenvalue weighted by atomic mass is 15.3. The van der Waals surface area contributed by atoms with E-state index in [1.165, 1.54) is 33.0 Å². The van der Waals surface area contributed by atoms with Gasteiger partial charge in [-0.3, -0.25) is 0 Å². The number of rotatable bonds is 1. The molecule has 0 aliphatic rings. The molecule has 4 aromatic rings. The van der Waals surface area contributed by atoms with Crippen molar-refractivity contribution in [2.24, 2.45) is 7.05 Å². The summed E-state index contributed by atoms with van der Waals surface area (Å²) < 4.78 is 1.90. The van der Waals surface area contributed by atoms with Crippen LogP contribution < -0.4 is 4.68 Å². The zero-order valence-electron chi connectivity index (χ0n) is 15.4. The highest BCUT2D eigenvalue weighted by Crippen LogP contribution is 2.28. The minimum Gasteiger partial charge on any atom is -0.133 e. The second kappa shape index (κ2) is 5.62. The number of hydrogen-bond acceptors (Lipinski definition) is 2. The zero-order chi connectivity index (χ0) is 17.7. The highest BCUT2D eigenvalue weighted by Gasteiger charge is 2.22. The van der Waals surface area contributed by atoms with E-state index in [2.05, 4.69) is 70.2 Å². The van der Waals surface area contributed by atoms with Crippen LogP contribution >= 0.6 is 0 Å². The van der Waals surface area contributed by atoms with Crippen LogP contribution in [0.15, 0.2) is 42.5 Å². The Kier molecular flexibility index (Phi) is 3.53. The van der Waals surface area contributed by atoms with Crippen molar-refractivity contribution in [3.63, 3.8) is 0 Å². The van der Waals surface area contributed by atoms with E-state index in [0.29, 0.717) is 0 Å². The number of fused-ring (bicyclic) bond motifs is 2. The molecular weight excluding hydrogens is 306 g/mol. The van der Waals surface area contributed by atoms with Gasteiger partial charge in [0.1, 0.15) is 7.05 Å². The Hall–Kier alpha value is -2.81. The normalized spacial score (nSPS) is 11.4. The lowest BCUT2D eigenvalue weighted by Gasteiger charge is -2.09. The standard InChI is InChI=1S/C22H22N3/c1-13-10-14(2)15(3)19(11-13)22-23-21-16(4)18-9-7-6-8-17(18)12-20(21)24-25(22)5/h6-12H,1-5H3/q+1. The fourth-order valence-corrected chi connectivity index (χ4v) is 3.61. The predicted octanol–water partition coefficient (Wildman–Crippen LogP) is 4.51. The summed E-state index contributed by atoms with van der Waals surface area (Å²) in [6.45, 7) is 8.57. The molecule has 1 heterocycles. The maximum Gasteiger partial charge on any atom is 0.351 e. The number of aromatic nitrogens is 3. The first-order valence-electron chi connectivity index (χ1n) is 8.60. The summed E-state index contributed by atoms with van der Waals surface area (Å²) in [4.78, 5) is 5.04. The fraction of sp³-hybridized carbons (Fsp3) is 0.227. The molecule has 124 valence electrons. The summed E-state index contributed by atoms with van der Waals surface area (Å²) >= 11 is 0.